The van der Waals surface area contributed by atoms with Crippen LogP contribution in [0.5, 0.6) is 5.75 Å². The Morgan fingerprint density at radius 1 is 1.03 bits per heavy atom. The summed E-state index contributed by atoms with van der Waals surface area (Å²) in [4.78, 5) is 39.1. The lowest BCUT2D eigenvalue weighted by Gasteiger charge is -2.35. The van der Waals surface area contributed by atoms with Gasteiger partial charge in [0.15, 0.2) is 6.61 Å². The molecule has 0 spiro atoms. The Morgan fingerprint density at radius 2 is 1.75 bits per heavy atom. The van der Waals surface area contributed by atoms with Crippen molar-refractivity contribution in [3.8, 4) is 5.75 Å². The van der Waals surface area contributed by atoms with Crippen molar-refractivity contribution in [3.63, 3.8) is 0 Å². The van der Waals surface area contributed by atoms with E-state index in [4.69, 9.17) is 9.47 Å². The Balaban J connectivity index is 1.61. The zero-order valence-corrected chi connectivity index (χ0v) is 18.5. The highest BCUT2D eigenvalue weighted by Gasteiger charge is 2.27. The number of nitro benzene ring substituents is 1. The molecule has 0 bridgehead atoms. The molecule has 9 nitrogen and oxygen atoms in total. The number of carbonyl (C=O) groups is 2. The first-order chi connectivity index (χ1) is 15.3. The molecule has 1 amide bonds. The van der Waals surface area contributed by atoms with E-state index in [1.807, 2.05) is 36.9 Å². The molecule has 0 radical (unpaired) electrons. The van der Waals surface area contributed by atoms with Crippen LogP contribution in [-0.2, 0) is 9.53 Å². The molecule has 1 fully saturated rings. The molecule has 0 aromatic heterocycles. The first kappa shape index (κ1) is 23.1. The fraction of sp³-hybridized carbons (Fsp3) is 0.391. The van der Waals surface area contributed by atoms with E-state index in [0.29, 0.717) is 37.6 Å². The van der Waals surface area contributed by atoms with Gasteiger partial charge in [0, 0.05) is 32.2 Å². The predicted octanol–water partition coefficient (Wildman–Crippen LogP) is 3.12. The van der Waals surface area contributed by atoms with Crippen molar-refractivity contribution in [2.75, 3.05) is 44.3 Å². The van der Waals surface area contributed by atoms with Crippen LogP contribution in [0.3, 0.4) is 0 Å². The van der Waals surface area contributed by atoms with Crippen LogP contribution in [0.1, 0.15) is 28.4 Å². The molecule has 0 N–H and O–H groups in total. The highest BCUT2D eigenvalue weighted by atomic mass is 16.6. The topological polar surface area (TPSA) is 102 Å². The average Bonchev–Trinajstić information content (AvgIpc) is 2.79. The third kappa shape index (κ3) is 5.35. The van der Waals surface area contributed by atoms with Crippen molar-refractivity contribution < 1.29 is 24.0 Å². The molecule has 1 saturated heterocycles. The molecule has 2 aromatic rings. The Labute approximate surface area is 186 Å². The fourth-order valence-electron chi connectivity index (χ4n) is 3.52. The molecule has 0 saturated carbocycles. The van der Waals surface area contributed by atoms with Crippen molar-refractivity contribution in [1.29, 1.82) is 0 Å². The lowest BCUT2D eigenvalue weighted by molar-refractivity contribution is -0.384. The quantitative estimate of drug-likeness (QED) is 0.369. The molecule has 2 aromatic carbocycles. The van der Waals surface area contributed by atoms with Crippen molar-refractivity contribution in [3.05, 3.63) is 63.2 Å². The molecule has 1 heterocycles. The van der Waals surface area contributed by atoms with Crippen molar-refractivity contribution in [2.24, 2.45) is 0 Å². The van der Waals surface area contributed by atoms with Gasteiger partial charge in [0.2, 0.25) is 0 Å². The van der Waals surface area contributed by atoms with Gasteiger partial charge in [-0.2, -0.15) is 0 Å². The molecular formula is C23H27N3O6. The molecule has 9 heteroatoms. The molecule has 0 unspecified atom stereocenters. The van der Waals surface area contributed by atoms with E-state index in [1.54, 1.807) is 17.9 Å². The summed E-state index contributed by atoms with van der Waals surface area (Å²) < 4.78 is 10.6. The highest BCUT2D eigenvalue weighted by Crippen LogP contribution is 2.30. The number of amides is 1. The molecule has 1 aliphatic heterocycles. The van der Waals surface area contributed by atoms with E-state index < -0.39 is 10.9 Å². The van der Waals surface area contributed by atoms with Gasteiger partial charge >= 0.3 is 5.97 Å². The summed E-state index contributed by atoms with van der Waals surface area (Å²) in [6, 6.07) is 10.0. The van der Waals surface area contributed by atoms with E-state index in [2.05, 4.69) is 0 Å². The Hall–Kier alpha value is -3.62. The predicted molar refractivity (Wildman–Crippen MR) is 119 cm³/mol. The normalized spacial score (nSPS) is 13.6. The van der Waals surface area contributed by atoms with Gasteiger partial charge in [-0.3, -0.25) is 14.9 Å². The molecule has 0 atom stereocenters. The summed E-state index contributed by atoms with van der Waals surface area (Å²) in [7, 11) is 0. The zero-order chi connectivity index (χ0) is 23.3. The maximum atomic E-state index is 12.5. The zero-order valence-electron chi connectivity index (χ0n) is 18.5. The number of aryl methyl sites for hydroxylation is 2. The van der Waals surface area contributed by atoms with Crippen LogP contribution in [0.15, 0.2) is 36.4 Å². The summed E-state index contributed by atoms with van der Waals surface area (Å²) in [5, 5.41) is 11.6. The van der Waals surface area contributed by atoms with Gasteiger partial charge in [-0.15, -0.1) is 0 Å². The van der Waals surface area contributed by atoms with E-state index in [-0.39, 0.29) is 30.4 Å². The number of ether oxygens (including phenoxy) is 2. The summed E-state index contributed by atoms with van der Waals surface area (Å²) in [6.45, 7) is 7.53. The van der Waals surface area contributed by atoms with Gasteiger partial charge in [-0.25, -0.2) is 4.79 Å². The number of hydrogen-bond acceptors (Lipinski definition) is 7. The molecular weight excluding hydrogens is 414 g/mol. The van der Waals surface area contributed by atoms with Crippen LogP contribution in [-0.4, -0.2) is 61.1 Å². The van der Waals surface area contributed by atoms with Crippen LogP contribution >= 0.6 is 0 Å². The second-order valence-corrected chi connectivity index (χ2v) is 7.58. The Morgan fingerprint density at radius 3 is 2.38 bits per heavy atom. The van der Waals surface area contributed by atoms with Gasteiger partial charge in [0.25, 0.3) is 11.6 Å². The smallest absolute Gasteiger partial charge is 0.338 e. The van der Waals surface area contributed by atoms with Gasteiger partial charge in [0.1, 0.15) is 11.4 Å². The van der Waals surface area contributed by atoms with E-state index in [9.17, 15) is 19.7 Å². The minimum atomic E-state index is -0.596. The fourth-order valence-corrected chi connectivity index (χ4v) is 3.52. The molecule has 1 aliphatic rings. The third-order valence-corrected chi connectivity index (χ3v) is 5.50. The minimum absolute atomic E-state index is 0.0586. The number of piperazine rings is 1. The van der Waals surface area contributed by atoms with E-state index >= 15 is 0 Å². The monoisotopic (exact) mass is 441 g/mol. The third-order valence-electron chi connectivity index (χ3n) is 5.50. The molecule has 0 aliphatic carbocycles. The summed E-state index contributed by atoms with van der Waals surface area (Å²) >= 11 is 0. The maximum Gasteiger partial charge on any atom is 0.338 e. The van der Waals surface area contributed by atoms with Crippen LogP contribution < -0.4 is 9.64 Å². The van der Waals surface area contributed by atoms with Gasteiger partial charge in [-0.1, -0.05) is 6.07 Å². The number of benzene rings is 2. The summed E-state index contributed by atoms with van der Waals surface area (Å²) in [5.74, 6) is -0.0752. The number of esters is 1. The minimum Gasteiger partial charge on any atom is -0.484 e. The summed E-state index contributed by atoms with van der Waals surface area (Å²) in [6.07, 6.45) is 0. The van der Waals surface area contributed by atoms with Gasteiger partial charge in [-0.05, 0) is 56.2 Å². The van der Waals surface area contributed by atoms with Gasteiger partial charge < -0.3 is 19.3 Å². The molecule has 170 valence electrons. The second kappa shape index (κ2) is 10.1. The van der Waals surface area contributed by atoms with Crippen LogP contribution in [0.4, 0.5) is 11.4 Å². The Kier molecular flexibility index (Phi) is 7.29. The van der Waals surface area contributed by atoms with E-state index in [1.165, 1.54) is 12.1 Å². The first-order valence-corrected chi connectivity index (χ1v) is 10.5. The Bertz CT molecular complexity index is 1010. The number of anilines is 1. The number of carbonyl (C=O) groups excluding carboxylic acids is 2. The van der Waals surface area contributed by atoms with E-state index in [0.717, 1.165) is 11.1 Å². The lowest BCUT2D eigenvalue weighted by Crippen LogP contribution is -2.50. The standard InChI is InChI=1S/C23H27N3O6/c1-4-31-23(28)18-6-8-20(21(14-18)26(29)30)24-9-11-25(12-10-24)22(27)15-32-19-7-5-16(2)17(3)13-19/h5-8,13-14H,4,9-12,15H2,1-3H3. The van der Waals surface area contributed by atoms with Crippen LogP contribution in [0, 0.1) is 24.0 Å². The molecule has 3 rings (SSSR count). The average molecular weight is 441 g/mol. The van der Waals surface area contributed by atoms with Crippen molar-refractivity contribution >= 4 is 23.3 Å². The lowest BCUT2D eigenvalue weighted by atomic mass is 10.1. The van der Waals surface area contributed by atoms with Crippen LogP contribution in [0.25, 0.3) is 0 Å². The highest BCUT2D eigenvalue weighted by molar-refractivity contribution is 5.91. The van der Waals surface area contributed by atoms with Crippen LogP contribution in [0.2, 0.25) is 0 Å². The molecule has 32 heavy (non-hydrogen) atoms. The van der Waals surface area contributed by atoms with Crippen molar-refractivity contribution in [2.45, 2.75) is 20.8 Å². The van der Waals surface area contributed by atoms with Crippen molar-refractivity contribution in [1.82, 2.24) is 4.90 Å². The number of nitrogens with zero attached hydrogens (tertiary/aromatic N) is 3. The number of nitro groups is 1. The largest absolute Gasteiger partial charge is 0.484 e. The number of rotatable bonds is 7. The summed E-state index contributed by atoms with van der Waals surface area (Å²) in [5.41, 5.74) is 2.65. The second-order valence-electron chi connectivity index (χ2n) is 7.58. The van der Waals surface area contributed by atoms with Gasteiger partial charge in [0.05, 0.1) is 17.1 Å². The number of hydrogen-bond donors (Lipinski definition) is 0. The SMILES string of the molecule is CCOC(=O)c1ccc(N2CCN(C(=O)COc3ccc(C)c(C)c3)CC2)c([N+](=O)[O-])c1. The first-order valence-electron chi connectivity index (χ1n) is 10.5. The maximum absolute atomic E-state index is 12.5.